The van der Waals surface area contributed by atoms with Crippen molar-refractivity contribution in [1.29, 1.82) is 0 Å². The second-order valence-electron chi connectivity index (χ2n) is 5.29. The number of rotatable bonds is 2. The van der Waals surface area contributed by atoms with E-state index in [1.807, 2.05) is 18.2 Å². The second-order valence-corrected chi connectivity index (χ2v) is 6.13. The molecule has 1 fully saturated rings. The molecule has 1 aliphatic rings. The van der Waals surface area contributed by atoms with Crippen molar-refractivity contribution in [3.63, 3.8) is 0 Å². The Morgan fingerprint density at radius 3 is 2.39 bits per heavy atom. The average Bonchev–Trinajstić information content (AvgIpc) is 2.55. The third-order valence-corrected chi connectivity index (χ3v) is 4.41. The molecule has 1 aromatic carbocycles. The molecule has 2 heterocycles. The predicted molar refractivity (Wildman–Crippen MR) is 91.5 cm³/mol. The standard InChI is InChI=1S/C16H15Cl2N3O2/c17-12-2-3-13(14(18)9-12)11-1-4-15(19-10-11)20-5-7-21(8-6-20)16(22)23/h1-4,9-10H,5-8H2,(H,22,23). The van der Waals surface area contributed by atoms with E-state index in [4.69, 9.17) is 28.3 Å². The number of hydrogen-bond donors (Lipinski definition) is 1. The van der Waals surface area contributed by atoms with Crippen LogP contribution in [0.3, 0.4) is 0 Å². The summed E-state index contributed by atoms with van der Waals surface area (Å²) in [6.07, 6.45) is 0.902. The normalized spacial score (nSPS) is 14.9. The highest BCUT2D eigenvalue weighted by Gasteiger charge is 2.21. The summed E-state index contributed by atoms with van der Waals surface area (Å²) in [6, 6.07) is 9.25. The number of anilines is 1. The summed E-state index contributed by atoms with van der Waals surface area (Å²) in [7, 11) is 0. The Labute approximate surface area is 144 Å². The van der Waals surface area contributed by atoms with Crippen LogP contribution in [0.25, 0.3) is 11.1 Å². The van der Waals surface area contributed by atoms with Gasteiger partial charge in [-0.25, -0.2) is 9.78 Å². The van der Waals surface area contributed by atoms with Crippen LogP contribution in [-0.4, -0.2) is 47.3 Å². The number of hydrogen-bond acceptors (Lipinski definition) is 3. The SMILES string of the molecule is O=C(O)N1CCN(c2ccc(-c3ccc(Cl)cc3Cl)cn2)CC1. The van der Waals surface area contributed by atoms with Crippen molar-refractivity contribution < 1.29 is 9.90 Å². The van der Waals surface area contributed by atoms with Crippen LogP contribution >= 0.6 is 23.2 Å². The van der Waals surface area contributed by atoms with Gasteiger partial charge in [0.1, 0.15) is 5.82 Å². The van der Waals surface area contributed by atoms with Gasteiger partial charge in [0, 0.05) is 53.5 Å². The fourth-order valence-electron chi connectivity index (χ4n) is 2.58. The molecular formula is C16H15Cl2N3O2. The highest BCUT2D eigenvalue weighted by atomic mass is 35.5. The van der Waals surface area contributed by atoms with E-state index in [9.17, 15) is 4.79 Å². The summed E-state index contributed by atoms with van der Waals surface area (Å²) >= 11 is 12.1. The number of piperazine rings is 1. The molecule has 1 saturated heterocycles. The van der Waals surface area contributed by atoms with Gasteiger partial charge in [-0.05, 0) is 24.3 Å². The zero-order valence-corrected chi connectivity index (χ0v) is 13.8. The van der Waals surface area contributed by atoms with Crippen molar-refractivity contribution in [1.82, 2.24) is 9.88 Å². The molecule has 0 unspecified atom stereocenters. The van der Waals surface area contributed by atoms with E-state index in [0.29, 0.717) is 36.2 Å². The zero-order valence-electron chi connectivity index (χ0n) is 12.2. The molecule has 1 aliphatic heterocycles. The fourth-order valence-corrected chi connectivity index (χ4v) is 3.10. The minimum Gasteiger partial charge on any atom is -0.465 e. The number of pyridine rings is 1. The van der Waals surface area contributed by atoms with Crippen LogP contribution in [0.1, 0.15) is 0 Å². The van der Waals surface area contributed by atoms with Gasteiger partial charge in [0.2, 0.25) is 0 Å². The van der Waals surface area contributed by atoms with E-state index in [-0.39, 0.29) is 0 Å². The minimum absolute atomic E-state index is 0.488. The summed E-state index contributed by atoms with van der Waals surface area (Å²) in [6.45, 7) is 2.25. The van der Waals surface area contributed by atoms with Crippen LogP contribution in [0.5, 0.6) is 0 Å². The number of carboxylic acid groups (broad SMARTS) is 1. The smallest absolute Gasteiger partial charge is 0.407 e. The molecule has 1 aromatic heterocycles. The maximum atomic E-state index is 10.9. The zero-order chi connectivity index (χ0) is 16.4. The van der Waals surface area contributed by atoms with E-state index in [1.165, 1.54) is 4.90 Å². The molecule has 0 spiro atoms. The average molecular weight is 352 g/mol. The van der Waals surface area contributed by atoms with Crippen molar-refractivity contribution in [2.45, 2.75) is 0 Å². The number of amides is 1. The van der Waals surface area contributed by atoms with E-state index >= 15 is 0 Å². The first kappa shape index (κ1) is 15.9. The molecule has 2 aromatic rings. The number of aromatic nitrogens is 1. The van der Waals surface area contributed by atoms with Crippen molar-refractivity contribution in [2.24, 2.45) is 0 Å². The summed E-state index contributed by atoms with van der Waals surface area (Å²) < 4.78 is 0. The van der Waals surface area contributed by atoms with E-state index in [1.54, 1.807) is 18.3 Å². The topological polar surface area (TPSA) is 56.7 Å². The number of carbonyl (C=O) groups is 1. The Kier molecular flexibility index (Phi) is 4.59. The van der Waals surface area contributed by atoms with Gasteiger partial charge in [0.05, 0.1) is 0 Å². The van der Waals surface area contributed by atoms with Gasteiger partial charge in [-0.2, -0.15) is 0 Å². The van der Waals surface area contributed by atoms with Crippen LogP contribution in [-0.2, 0) is 0 Å². The minimum atomic E-state index is -0.870. The molecule has 0 atom stereocenters. The van der Waals surface area contributed by atoms with Gasteiger partial charge in [-0.1, -0.05) is 29.3 Å². The van der Waals surface area contributed by atoms with Crippen molar-refractivity contribution >= 4 is 35.1 Å². The molecule has 23 heavy (non-hydrogen) atoms. The third kappa shape index (κ3) is 3.51. The first-order chi connectivity index (χ1) is 11.0. The summed E-state index contributed by atoms with van der Waals surface area (Å²) in [5, 5.41) is 10.2. The lowest BCUT2D eigenvalue weighted by atomic mass is 10.1. The second kappa shape index (κ2) is 6.64. The molecule has 1 amide bonds. The van der Waals surface area contributed by atoms with E-state index < -0.39 is 6.09 Å². The monoisotopic (exact) mass is 351 g/mol. The Morgan fingerprint density at radius 1 is 1.09 bits per heavy atom. The number of benzene rings is 1. The van der Waals surface area contributed by atoms with Crippen molar-refractivity contribution in [2.75, 3.05) is 31.1 Å². The maximum Gasteiger partial charge on any atom is 0.407 e. The van der Waals surface area contributed by atoms with Crippen molar-refractivity contribution in [3.05, 3.63) is 46.6 Å². The van der Waals surface area contributed by atoms with Gasteiger partial charge in [0.25, 0.3) is 0 Å². The van der Waals surface area contributed by atoms with Crippen LogP contribution < -0.4 is 4.90 Å². The molecule has 7 heteroatoms. The van der Waals surface area contributed by atoms with Gasteiger partial charge < -0.3 is 14.9 Å². The molecule has 120 valence electrons. The first-order valence-electron chi connectivity index (χ1n) is 7.19. The molecule has 0 saturated carbocycles. The molecule has 0 bridgehead atoms. The Bertz CT molecular complexity index is 714. The Balaban J connectivity index is 1.74. The molecule has 3 rings (SSSR count). The Morgan fingerprint density at radius 2 is 1.83 bits per heavy atom. The summed E-state index contributed by atoms with van der Waals surface area (Å²) in [5.41, 5.74) is 1.80. The highest BCUT2D eigenvalue weighted by Crippen LogP contribution is 2.30. The molecule has 1 N–H and O–H groups in total. The van der Waals surface area contributed by atoms with Crippen LogP contribution in [0, 0.1) is 0 Å². The Hall–Kier alpha value is -1.98. The molecule has 5 nitrogen and oxygen atoms in total. The lowest BCUT2D eigenvalue weighted by Crippen LogP contribution is -2.48. The fraction of sp³-hybridized carbons (Fsp3) is 0.250. The summed E-state index contributed by atoms with van der Waals surface area (Å²) in [5.74, 6) is 0.837. The quantitative estimate of drug-likeness (QED) is 0.892. The van der Waals surface area contributed by atoms with Gasteiger partial charge in [0.15, 0.2) is 0 Å². The largest absolute Gasteiger partial charge is 0.465 e. The van der Waals surface area contributed by atoms with E-state index in [0.717, 1.165) is 16.9 Å². The lowest BCUT2D eigenvalue weighted by Gasteiger charge is -2.33. The third-order valence-electron chi connectivity index (χ3n) is 3.86. The van der Waals surface area contributed by atoms with E-state index in [2.05, 4.69) is 9.88 Å². The highest BCUT2D eigenvalue weighted by molar-refractivity contribution is 6.36. The summed E-state index contributed by atoms with van der Waals surface area (Å²) in [4.78, 5) is 18.9. The van der Waals surface area contributed by atoms with Crippen LogP contribution in [0.2, 0.25) is 10.0 Å². The molecular weight excluding hydrogens is 337 g/mol. The van der Waals surface area contributed by atoms with Crippen molar-refractivity contribution in [3.8, 4) is 11.1 Å². The van der Waals surface area contributed by atoms with Crippen LogP contribution in [0.15, 0.2) is 36.5 Å². The van der Waals surface area contributed by atoms with Gasteiger partial charge in [-0.3, -0.25) is 0 Å². The van der Waals surface area contributed by atoms with Gasteiger partial charge in [-0.15, -0.1) is 0 Å². The predicted octanol–water partition coefficient (Wildman–Crippen LogP) is 3.86. The van der Waals surface area contributed by atoms with Gasteiger partial charge >= 0.3 is 6.09 Å². The first-order valence-corrected chi connectivity index (χ1v) is 7.94. The molecule has 0 radical (unpaired) electrons. The maximum absolute atomic E-state index is 10.9. The lowest BCUT2D eigenvalue weighted by molar-refractivity contribution is 0.142. The number of halogens is 2. The van der Waals surface area contributed by atoms with Crippen LogP contribution in [0.4, 0.5) is 10.6 Å². The number of nitrogens with zero attached hydrogens (tertiary/aromatic N) is 3. The molecule has 0 aliphatic carbocycles.